The fourth-order valence-corrected chi connectivity index (χ4v) is 4.41. The average molecular weight is 489 g/mol. The van der Waals surface area contributed by atoms with E-state index in [1.54, 1.807) is 24.4 Å². The van der Waals surface area contributed by atoms with Gasteiger partial charge in [-0.1, -0.05) is 43.4 Å². The third kappa shape index (κ3) is 5.79. The number of amides is 1. The molecule has 1 aliphatic rings. The Kier molecular flexibility index (Phi) is 7.96. The predicted octanol–water partition coefficient (Wildman–Crippen LogP) is 3.90. The summed E-state index contributed by atoms with van der Waals surface area (Å²) >= 11 is 6.63. The maximum absolute atomic E-state index is 13.1. The second-order valence-electron chi connectivity index (χ2n) is 8.45. The van der Waals surface area contributed by atoms with Gasteiger partial charge in [0.05, 0.1) is 27.5 Å². The van der Waals surface area contributed by atoms with Crippen molar-refractivity contribution in [3.63, 3.8) is 0 Å². The molecule has 4 rings (SSSR count). The Morgan fingerprint density at radius 1 is 1.06 bits per heavy atom. The van der Waals surface area contributed by atoms with Gasteiger partial charge in [0.1, 0.15) is 12.1 Å². The minimum atomic E-state index is -0.0366. The molecule has 3 heterocycles. The number of benzene rings is 1. The first-order valence-electron chi connectivity index (χ1n) is 11.9. The van der Waals surface area contributed by atoms with Crippen LogP contribution in [0.1, 0.15) is 47.4 Å². The monoisotopic (exact) mass is 488 g/mol. The van der Waals surface area contributed by atoms with Crippen LogP contribution in [0.4, 0.5) is 5.82 Å². The Bertz CT molecular complexity index is 1260. The van der Waals surface area contributed by atoms with Crippen molar-refractivity contribution in [3.05, 3.63) is 70.3 Å². The van der Waals surface area contributed by atoms with E-state index in [0.29, 0.717) is 41.6 Å². The zero-order valence-electron chi connectivity index (χ0n) is 20.1. The summed E-state index contributed by atoms with van der Waals surface area (Å²) in [6, 6.07) is 8.99. The van der Waals surface area contributed by atoms with Crippen molar-refractivity contribution in [2.24, 2.45) is 0 Å². The van der Waals surface area contributed by atoms with Gasteiger partial charge < -0.3 is 10.6 Å². The molecule has 0 spiro atoms. The maximum atomic E-state index is 13.1. The Labute approximate surface area is 211 Å². The van der Waals surface area contributed by atoms with Crippen molar-refractivity contribution in [2.45, 2.75) is 26.7 Å². The highest BCUT2D eigenvalue weighted by atomic mass is 35.5. The number of nitrogens with two attached hydrogens (primary N) is 1. The Balaban J connectivity index is 1.61. The number of nitrogen functional groups attached to an aromatic ring is 1. The molecule has 1 amide bonds. The van der Waals surface area contributed by atoms with Crippen molar-refractivity contribution in [2.75, 3.05) is 38.5 Å². The molecule has 1 aromatic carbocycles. The number of carbonyl (C=O) groups excluding carboxylic acids is 1. The van der Waals surface area contributed by atoms with Gasteiger partial charge in [-0.15, -0.1) is 0 Å². The van der Waals surface area contributed by atoms with Crippen LogP contribution in [-0.4, -0.2) is 63.4 Å². The summed E-state index contributed by atoms with van der Waals surface area (Å²) in [7, 11) is 0. The predicted molar refractivity (Wildman–Crippen MR) is 139 cm³/mol. The lowest BCUT2D eigenvalue weighted by atomic mass is 10.0. The lowest BCUT2D eigenvalue weighted by Crippen LogP contribution is -2.48. The van der Waals surface area contributed by atoms with Gasteiger partial charge in [-0.05, 0) is 43.7 Å². The van der Waals surface area contributed by atoms with Crippen LogP contribution < -0.4 is 5.73 Å². The van der Waals surface area contributed by atoms with Gasteiger partial charge >= 0.3 is 0 Å². The minimum Gasteiger partial charge on any atom is -0.384 e. The normalized spacial score (nSPS) is 13.9. The zero-order valence-corrected chi connectivity index (χ0v) is 20.8. The number of pyridine rings is 1. The molecular formula is C27H29ClN6O. The number of hydrogen-bond donors (Lipinski definition) is 1. The Morgan fingerprint density at radius 3 is 2.51 bits per heavy atom. The summed E-state index contributed by atoms with van der Waals surface area (Å²) in [6.45, 7) is 8.47. The van der Waals surface area contributed by atoms with E-state index in [0.717, 1.165) is 48.4 Å². The third-order valence-corrected chi connectivity index (χ3v) is 6.36. The summed E-state index contributed by atoms with van der Waals surface area (Å²) in [6.07, 6.45) is 4.99. The second kappa shape index (κ2) is 11.3. The van der Waals surface area contributed by atoms with Gasteiger partial charge in [-0.2, -0.15) is 0 Å². The molecule has 0 unspecified atom stereocenters. The molecule has 0 saturated carbocycles. The molecule has 0 bridgehead atoms. The van der Waals surface area contributed by atoms with Crippen LogP contribution in [0.2, 0.25) is 5.02 Å². The van der Waals surface area contributed by atoms with E-state index in [9.17, 15) is 4.79 Å². The van der Waals surface area contributed by atoms with Gasteiger partial charge in [-0.25, -0.2) is 15.0 Å². The highest BCUT2D eigenvalue weighted by Gasteiger charge is 2.24. The summed E-state index contributed by atoms with van der Waals surface area (Å²) in [5.74, 6) is 6.75. The lowest BCUT2D eigenvalue weighted by Gasteiger charge is -2.34. The SMILES string of the molecule is CCCN1CCN(C(=O)c2ccc(-c3ncnc(CC)c3C#Cc3ccc(N)nc3)cc2Cl)CC1. The molecule has 1 fully saturated rings. The van der Waals surface area contributed by atoms with Crippen molar-refractivity contribution < 1.29 is 4.79 Å². The van der Waals surface area contributed by atoms with E-state index in [4.69, 9.17) is 17.3 Å². The van der Waals surface area contributed by atoms with E-state index >= 15 is 0 Å². The Hall–Kier alpha value is -3.47. The van der Waals surface area contributed by atoms with Crippen LogP contribution >= 0.6 is 11.6 Å². The van der Waals surface area contributed by atoms with Crippen molar-refractivity contribution in [1.29, 1.82) is 0 Å². The molecular weight excluding hydrogens is 460 g/mol. The number of nitrogens with zero attached hydrogens (tertiary/aromatic N) is 5. The van der Waals surface area contributed by atoms with Crippen molar-refractivity contribution in [1.82, 2.24) is 24.8 Å². The van der Waals surface area contributed by atoms with Gasteiger partial charge in [0.2, 0.25) is 0 Å². The fourth-order valence-electron chi connectivity index (χ4n) is 4.15. The summed E-state index contributed by atoms with van der Waals surface area (Å²) in [5.41, 5.74) is 9.96. The molecule has 1 aliphatic heterocycles. The molecule has 35 heavy (non-hydrogen) atoms. The largest absolute Gasteiger partial charge is 0.384 e. The molecule has 0 radical (unpaired) electrons. The quantitative estimate of drug-likeness (QED) is 0.548. The molecule has 7 nitrogen and oxygen atoms in total. The molecule has 2 N–H and O–H groups in total. The van der Waals surface area contributed by atoms with E-state index in [1.807, 2.05) is 24.0 Å². The number of anilines is 1. The molecule has 0 atom stereocenters. The number of rotatable bonds is 5. The third-order valence-electron chi connectivity index (χ3n) is 6.05. The zero-order chi connectivity index (χ0) is 24.8. The summed E-state index contributed by atoms with van der Waals surface area (Å²) < 4.78 is 0. The number of piperazine rings is 1. The molecule has 180 valence electrons. The van der Waals surface area contributed by atoms with E-state index in [-0.39, 0.29) is 5.91 Å². The topological polar surface area (TPSA) is 88.2 Å². The smallest absolute Gasteiger partial charge is 0.255 e. The number of carbonyl (C=O) groups is 1. The van der Waals surface area contributed by atoms with Crippen LogP contribution in [0.3, 0.4) is 0 Å². The summed E-state index contributed by atoms with van der Waals surface area (Å²) in [4.78, 5) is 30.4. The molecule has 1 saturated heterocycles. The number of hydrogen-bond acceptors (Lipinski definition) is 6. The summed E-state index contributed by atoms with van der Waals surface area (Å²) in [5, 5.41) is 0.404. The van der Waals surface area contributed by atoms with E-state index in [2.05, 4.69) is 38.6 Å². The van der Waals surface area contributed by atoms with Crippen molar-refractivity contribution >= 4 is 23.3 Å². The number of halogens is 1. The number of aromatic nitrogens is 3. The highest BCUT2D eigenvalue weighted by molar-refractivity contribution is 6.34. The molecule has 8 heteroatoms. The molecule has 2 aromatic heterocycles. The maximum Gasteiger partial charge on any atom is 0.255 e. The standard InChI is InChI=1S/C27H29ClN6O/c1-3-11-33-12-14-34(15-13-33)27(35)21-9-7-20(16-23(21)28)26-22(24(4-2)31-18-32-26)8-5-19-6-10-25(29)30-17-19/h6-7,9-10,16-18H,3-4,11-15H2,1-2H3,(H2,29,30). The molecule has 0 aliphatic carbocycles. The van der Waals surface area contributed by atoms with Crippen LogP contribution in [0.25, 0.3) is 11.3 Å². The fraction of sp³-hybridized carbons (Fsp3) is 0.333. The van der Waals surface area contributed by atoms with Crippen LogP contribution in [0.15, 0.2) is 42.9 Å². The van der Waals surface area contributed by atoms with Crippen molar-refractivity contribution in [3.8, 4) is 23.1 Å². The van der Waals surface area contributed by atoms with Gasteiger partial charge in [0.25, 0.3) is 5.91 Å². The minimum absolute atomic E-state index is 0.0366. The first-order chi connectivity index (χ1) is 17.0. The second-order valence-corrected chi connectivity index (χ2v) is 8.85. The van der Waals surface area contributed by atoms with E-state index in [1.165, 1.54) is 6.33 Å². The van der Waals surface area contributed by atoms with Crippen LogP contribution in [0, 0.1) is 11.8 Å². The number of aryl methyl sites for hydroxylation is 1. The first-order valence-corrected chi connectivity index (χ1v) is 12.3. The van der Waals surface area contributed by atoms with Crippen LogP contribution in [-0.2, 0) is 6.42 Å². The van der Waals surface area contributed by atoms with E-state index < -0.39 is 0 Å². The van der Waals surface area contributed by atoms with Gasteiger partial charge in [0.15, 0.2) is 0 Å². The Morgan fingerprint density at radius 2 is 1.86 bits per heavy atom. The average Bonchev–Trinajstić information content (AvgIpc) is 2.88. The van der Waals surface area contributed by atoms with Gasteiger partial charge in [0, 0.05) is 43.5 Å². The lowest BCUT2D eigenvalue weighted by molar-refractivity contribution is 0.0637. The molecule has 3 aromatic rings. The van der Waals surface area contributed by atoms with Gasteiger partial charge in [-0.3, -0.25) is 9.69 Å². The van der Waals surface area contributed by atoms with Crippen LogP contribution in [0.5, 0.6) is 0 Å². The first kappa shape index (κ1) is 24.6. The highest BCUT2D eigenvalue weighted by Crippen LogP contribution is 2.28.